The van der Waals surface area contributed by atoms with Crippen LogP contribution in [-0.2, 0) is 11.3 Å². The summed E-state index contributed by atoms with van der Waals surface area (Å²) < 4.78 is 1.75. The van der Waals surface area contributed by atoms with E-state index in [9.17, 15) is 9.59 Å². The first-order chi connectivity index (χ1) is 14.7. The number of benzene rings is 2. The number of amides is 2. The molecule has 0 atom stereocenters. The molecule has 0 unspecified atom stereocenters. The van der Waals surface area contributed by atoms with Crippen molar-refractivity contribution in [1.82, 2.24) is 15.1 Å². The van der Waals surface area contributed by atoms with E-state index in [1.807, 2.05) is 66.0 Å². The molecular formula is C23H20N4O2S. The Morgan fingerprint density at radius 2 is 1.67 bits per heavy atom. The highest BCUT2D eigenvalue weighted by Gasteiger charge is 2.19. The van der Waals surface area contributed by atoms with Crippen molar-refractivity contribution in [1.29, 1.82) is 0 Å². The van der Waals surface area contributed by atoms with Gasteiger partial charge < -0.3 is 10.6 Å². The standard InChI is InChI=1S/C23H20N4O2S/c28-21(25-18-10-5-2-6-11-18)14-24-23(29)19-16-27(15-17-8-3-1-4-9-17)26-22(19)20-12-7-13-30-20/h1-13,16H,14-15H2,(H,24,29)(H,25,28). The Labute approximate surface area is 178 Å². The maximum Gasteiger partial charge on any atom is 0.255 e. The summed E-state index contributed by atoms with van der Waals surface area (Å²) in [4.78, 5) is 25.9. The lowest BCUT2D eigenvalue weighted by molar-refractivity contribution is -0.115. The van der Waals surface area contributed by atoms with Crippen molar-refractivity contribution >= 4 is 28.8 Å². The fraction of sp³-hybridized carbons (Fsp3) is 0.0870. The van der Waals surface area contributed by atoms with Gasteiger partial charge in [0.2, 0.25) is 5.91 Å². The van der Waals surface area contributed by atoms with E-state index in [4.69, 9.17) is 0 Å². The molecule has 6 nitrogen and oxygen atoms in total. The topological polar surface area (TPSA) is 76.0 Å². The van der Waals surface area contributed by atoms with E-state index in [0.717, 1.165) is 10.4 Å². The third kappa shape index (κ3) is 4.82. The van der Waals surface area contributed by atoms with Crippen LogP contribution in [0, 0.1) is 0 Å². The minimum atomic E-state index is -0.332. The number of hydrogen-bond acceptors (Lipinski definition) is 4. The Morgan fingerprint density at radius 1 is 0.933 bits per heavy atom. The van der Waals surface area contributed by atoms with Gasteiger partial charge in [-0.3, -0.25) is 14.3 Å². The number of rotatable bonds is 7. The molecule has 2 amide bonds. The molecule has 0 radical (unpaired) electrons. The average Bonchev–Trinajstić information content (AvgIpc) is 3.43. The van der Waals surface area contributed by atoms with Gasteiger partial charge in [0.05, 0.1) is 23.5 Å². The molecule has 2 N–H and O–H groups in total. The minimum Gasteiger partial charge on any atom is -0.343 e. The molecule has 150 valence electrons. The molecule has 0 spiro atoms. The molecule has 4 aromatic rings. The molecular weight excluding hydrogens is 396 g/mol. The van der Waals surface area contributed by atoms with Crippen molar-refractivity contribution in [3.63, 3.8) is 0 Å². The number of para-hydroxylation sites is 1. The summed E-state index contributed by atoms with van der Waals surface area (Å²) >= 11 is 1.52. The van der Waals surface area contributed by atoms with Crippen LogP contribution in [0.2, 0.25) is 0 Å². The summed E-state index contributed by atoms with van der Waals surface area (Å²) in [5, 5.41) is 12.0. The second-order valence-corrected chi connectivity index (χ2v) is 7.60. The zero-order valence-electron chi connectivity index (χ0n) is 16.1. The molecule has 0 saturated heterocycles. The molecule has 0 bridgehead atoms. The third-order valence-electron chi connectivity index (χ3n) is 4.42. The first-order valence-corrected chi connectivity index (χ1v) is 10.4. The molecule has 0 saturated carbocycles. The highest BCUT2D eigenvalue weighted by Crippen LogP contribution is 2.27. The van der Waals surface area contributed by atoms with Gasteiger partial charge in [0.25, 0.3) is 5.91 Å². The lowest BCUT2D eigenvalue weighted by Gasteiger charge is -2.06. The summed E-state index contributed by atoms with van der Waals surface area (Å²) in [5.41, 5.74) is 2.83. The van der Waals surface area contributed by atoms with E-state index in [0.29, 0.717) is 23.5 Å². The van der Waals surface area contributed by atoms with Gasteiger partial charge in [-0.05, 0) is 29.1 Å². The van der Waals surface area contributed by atoms with Gasteiger partial charge in [0.1, 0.15) is 5.69 Å². The van der Waals surface area contributed by atoms with Crippen LogP contribution in [0.15, 0.2) is 84.4 Å². The summed E-state index contributed by atoms with van der Waals surface area (Å²) in [7, 11) is 0. The van der Waals surface area contributed by atoms with Gasteiger partial charge in [-0.25, -0.2) is 0 Å². The smallest absolute Gasteiger partial charge is 0.255 e. The van der Waals surface area contributed by atoms with Gasteiger partial charge in [-0.1, -0.05) is 54.6 Å². The first-order valence-electron chi connectivity index (χ1n) is 9.47. The van der Waals surface area contributed by atoms with Crippen molar-refractivity contribution in [3.05, 3.63) is 95.5 Å². The van der Waals surface area contributed by atoms with Gasteiger partial charge in [0, 0.05) is 11.9 Å². The van der Waals surface area contributed by atoms with Crippen LogP contribution < -0.4 is 10.6 Å². The van der Waals surface area contributed by atoms with Gasteiger partial charge >= 0.3 is 0 Å². The van der Waals surface area contributed by atoms with Crippen molar-refractivity contribution < 1.29 is 9.59 Å². The van der Waals surface area contributed by atoms with E-state index in [2.05, 4.69) is 15.7 Å². The Kier molecular flexibility index (Phi) is 6.01. The zero-order valence-corrected chi connectivity index (χ0v) is 16.9. The first kappa shape index (κ1) is 19.6. The van der Waals surface area contributed by atoms with Crippen LogP contribution in [0.1, 0.15) is 15.9 Å². The number of thiophene rings is 1. The number of hydrogen-bond donors (Lipinski definition) is 2. The molecule has 2 heterocycles. The molecule has 0 aliphatic carbocycles. The Morgan fingerprint density at radius 3 is 2.37 bits per heavy atom. The molecule has 2 aromatic heterocycles. The lowest BCUT2D eigenvalue weighted by Crippen LogP contribution is -2.32. The summed E-state index contributed by atoms with van der Waals surface area (Å²) in [6.07, 6.45) is 1.73. The third-order valence-corrected chi connectivity index (χ3v) is 5.29. The Balaban J connectivity index is 1.48. The van der Waals surface area contributed by atoms with Gasteiger partial charge in [-0.15, -0.1) is 11.3 Å². The largest absolute Gasteiger partial charge is 0.343 e. The van der Waals surface area contributed by atoms with Crippen LogP contribution in [0.4, 0.5) is 5.69 Å². The van der Waals surface area contributed by atoms with Crippen molar-refractivity contribution in [3.8, 4) is 10.6 Å². The summed E-state index contributed by atoms with van der Waals surface area (Å²) in [6.45, 7) is 0.433. The van der Waals surface area contributed by atoms with Crippen molar-refractivity contribution in [2.45, 2.75) is 6.54 Å². The second kappa shape index (κ2) is 9.19. The quantitative estimate of drug-likeness (QED) is 0.478. The molecule has 0 fully saturated rings. The number of nitrogens with one attached hydrogen (secondary N) is 2. The van der Waals surface area contributed by atoms with Gasteiger partial charge in [0.15, 0.2) is 0 Å². The van der Waals surface area contributed by atoms with Gasteiger partial charge in [-0.2, -0.15) is 5.10 Å². The number of carbonyl (C=O) groups is 2. The number of nitrogens with zero attached hydrogens (tertiary/aromatic N) is 2. The normalized spacial score (nSPS) is 10.5. The second-order valence-electron chi connectivity index (χ2n) is 6.65. The maximum atomic E-state index is 12.8. The van der Waals surface area contributed by atoms with Crippen LogP contribution in [0.5, 0.6) is 0 Å². The van der Waals surface area contributed by atoms with Crippen LogP contribution >= 0.6 is 11.3 Å². The zero-order chi connectivity index (χ0) is 20.8. The number of aromatic nitrogens is 2. The van der Waals surface area contributed by atoms with Crippen molar-refractivity contribution in [2.24, 2.45) is 0 Å². The summed E-state index contributed by atoms with van der Waals surface area (Å²) in [6, 6.07) is 22.9. The monoisotopic (exact) mass is 416 g/mol. The molecule has 2 aromatic carbocycles. The molecule has 7 heteroatoms. The fourth-order valence-electron chi connectivity index (χ4n) is 3.02. The molecule has 4 rings (SSSR count). The van der Waals surface area contributed by atoms with Crippen molar-refractivity contribution in [2.75, 3.05) is 11.9 Å². The van der Waals surface area contributed by atoms with E-state index in [1.54, 1.807) is 23.0 Å². The Bertz CT molecular complexity index is 1120. The van der Waals surface area contributed by atoms with Crippen LogP contribution in [-0.4, -0.2) is 28.1 Å². The van der Waals surface area contributed by atoms with E-state index in [1.165, 1.54) is 11.3 Å². The van der Waals surface area contributed by atoms with Crippen LogP contribution in [0.3, 0.4) is 0 Å². The maximum absolute atomic E-state index is 12.8. The SMILES string of the molecule is O=C(CNC(=O)c1cn(Cc2ccccc2)nc1-c1cccs1)Nc1ccccc1. The molecule has 0 aliphatic rings. The van der Waals surface area contributed by atoms with E-state index >= 15 is 0 Å². The van der Waals surface area contributed by atoms with E-state index < -0.39 is 0 Å². The number of anilines is 1. The highest BCUT2D eigenvalue weighted by atomic mass is 32.1. The Hall–Kier alpha value is -3.71. The predicted octanol–water partition coefficient (Wildman–Crippen LogP) is 4.03. The van der Waals surface area contributed by atoms with E-state index in [-0.39, 0.29) is 18.4 Å². The minimum absolute atomic E-state index is 0.124. The van der Waals surface area contributed by atoms with Crippen LogP contribution in [0.25, 0.3) is 10.6 Å². The average molecular weight is 417 g/mol. The summed E-state index contributed by atoms with van der Waals surface area (Å²) in [5.74, 6) is -0.621. The fourth-order valence-corrected chi connectivity index (χ4v) is 3.74. The highest BCUT2D eigenvalue weighted by molar-refractivity contribution is 7.13. The number of carbonyl (C=O) groups excluding carboxylic acids is 2. The molecule has 0 aliphatic heterocycles. The predicted molar refractivity (Wildman–Crippen MR) is 118 cm³/mol. The lowest BCUT2D eigenvalue weighted by atomic mass is 10.2. The molecule has 30 heavy (non-hydrogen) atoms.